The first-order valence-corrected chi connectivity index (χ1v) is 28.1. The van der Waals surface area contributed by atoms with Gasteiger partial charge in [-0.2, -0.15) is 0 Å². The van der Waals surface area contributed by atoms with Crippen molar-refractivity contribution >= 4 is 64.2 Å². The smallest absolute Gasteiger partial charge is 0.260 e. The van der Waals surface area contributed by atoms with E-state index in [0.29, 0.717) is 78.3 Å². The van der Waals surface area contributed by atoms with Crippen LogP contribution in [0.2, 0.25) is 0 Å². The number of aryl methyl sites for hydroxylation is 2. The van der Waals surface area contributed by atoms with Crippen molar-refractivity contribution < 1.29 is 43.0 Å². The fraction of sp³-hybridized carbons (Fsp3) is 0.422. The zero-order valence-corrected chi connectivity index (χ0v) is 46.5. The zero-order valence-electron chi connectivity index (χ0n) is 46.5. The number of ketones is 2. The number of benzene rings is 5. The number of hydrogen-bond acceptors (Lipinski definition) is 11. The lowest BCUT2D eigenvalue weighted by atomic mass is 9.99. The molecule has 0 aromatic heterocycles. The van der Waals surface area contributed by atoms with Gasteiger partial charge in [0, 0.05) is 86.5 Å². The number of rotatable bonds is 24. The summed E-state index contributed by atoms with van der Waals surface area (Å²) in [7, 11) is 3.56. The Kier molecular flexibility index (Phi) is 17.9. The second-order valence-electron chi connectivity index (χ2n) is 21.7. The van der Waals surface area contributed by atoms with Gasteiger partial charge in [0.15, 0.2) is 17.3 Å². The van der Waals surface area contributed by atoms with Crippen LogP contribution in [0, 0.1) is 12.8 Å². The molecule has 414 valence electrons. The van der Waals surface area contributed by atoms with E-state index in [0.717, 1.165) is 78.8 Å². The number of anilines is 4. The third-order valence-electron chi connectivity index (χ3n) is 15.8. The van der Waals surface area contributed by atoms with E-state index < -0.39 is 12.0 Å². The van der Waals surface area contributed by atoms with E-state index in [4.69, 9.17) is 14.2 Å². The summed E-state index contributed by atoms with van der Waals surface area (Å²) in [6, 6.07) is 28.5. The van der Waals surface area contributed by atoms with Crippen LogP contribution in [0.1, 0.15) is 139 Å². The predicted molar refractivity (Wildman–Crippen MR) is 308 cm³/mol. The molecule has 5 aromatic carbocycles. The highest BCUT2D eigenvalue weighted by Crippen LogP contribution is 2.42. The first-order chi connectivity index (χ1) is 38.2. The van der Waals surface area contributed by atoms with Gasteiger partial charge in [-0.05, 0) is 160 Å². The molecule has 0 saturated heterocycles. The van der Waals surface area contributed by atoms with Crippen LogP contribution >= 0.6 is 0 Å². The number of likely N-dealkylation sites (N-methyl/N-ethyl adjacent to an activating group) is 1. The number of hydrogen-bond donors (Lipinski definition) is 2. The second-order valence-corrected chi connectivity index (χ2v) is 21.7. The number of ether oxygens (including phenoxy) is 3. The summed E-state index contributed by atoms with van der Waals surface area (Å²) in [6.45, 7) is 8.75. The first kappa shape index (κ1) is 55.9. The van der Waals surface area contributed by atoms with E-state index in [1.54, 1.807) is 33.2 Å². The van der Waals surface area contributed by atoms with Crippen LogP contribution in [-0.2, 0) is 51.7 Å². The molecule has 0 aliphatic carbocycles. The number of methoxy groups -OCH3 is 1. The summed E-state index contributed by atoms with van der Waals surface area (Å²) in [4.78, 5) is 91.1. The molecule has 0 radical (unpaired) electrons. The van der Waals surface area contributed by atoms with E-state index in [1.807, 2.05) is 103 Å². The molecule has 2 N–H and O–H groups in total. The Hall–Kier alpha value is -7.81. The minimum atomic E-state index is -0.800. The van der Waals surface area contributed by atoms with Crippen molar-refractivity contribution in [2.75, 3.05) is 47.3 Å². The minimum Gasteiger partial charge on any atom is -0.493 e. The molecule has 79 heavy (non-hydrogen) atoms. The maximum atomic E-state index is 14.3. The lowest BCUT2D eigenvalue weighted by Crippen LogP contribution is -2.41. The molecule has 15 nitrogen and oxygen atoms in total. The summed E-state index contributed by atoms with van der Waals surface area (Å²) in [5.41, 5.74) is 9.81. The topological polar surface area (TPSA) is 176 Å². The van der Waals surface area contributed by atoms with Gasteiger partial charge in [0.05, 0.1) is 30.4 Å². The average molecular weight is 1070 g/mol. The minimum absolute atomic E-state index is 0.00117. The Morgan fingerprint density at radius 3 is 2.04 bits per heavy atom. The molecule has 4 atom stereocenters. The predicted octanol–water partition coefficient (Wildman–Crippen LogP) is 10.5. The third-order valence-corrected chi connectivity index (χ3v) is 15.8. The van der Waals surface area contributed by atoms with Gasteiger partial charge in [0.25, 0.3) is 11.8 Å². The summed E-state index contributed by atoms with van der Waals surface area (Å²) in [5, 5.41) is 5.81. The number of Topliss-reactive ketones (excluding diaryl/α,β-unsaturated/α-hetero) is 2. The van der Waals surface area contributed by atoms with Crippen molar-refractivity contribution in [3.63, 3.8) is 0 Å². The molecule has 0 bridgehead atoms. The third kappa shape index (κ3) is 13.0. The van der Waals surface area contributed by atoms with E-state index in [-0.39, 0.29) is 73.3 Å². The van der Waals surface area contributed by atoms with Gasteiger partial charge < -0.3 is 39.5 Å². The molecule has 4 heterocycles. The monoisotopic (exact) mass is 1070 g/mol. The Balaban J connectivity index is 0.874. The van der Waals surface area contributed by atoms with Crippen LogP contribution in [-0.4, -0.2) is 86.8 Å². The quantitative estimate of drug-likeness (QED) is 0.0447. The van der Waals surface area contributed by atoms with Crippen molar-refractivity contribution in [1.82, 2.24) is 5.32 Å². The van der Waals surface area contributed by atoms with Gasteiger partial charge in [-0.15, -0.1) is 0 Å². The van der Waals surface area contributed by atoms with Crippen molar-refractivity contribution in [2.45, 2.75) is 143 Å². The number of fused-ring (bicyclic) bond motifs is 8. The van der Waals surface area contributed by atoms with Crippen LogP contribution in [0.3, 0.4) is 0 Å². The maximum Gasteiger partial charge on any atom is 0.260 e. The Bertz CT molecular complexity index is 3150. The highest BCUT2D eigenvalue weighted by atomic mass is 16.5. The van der Waals surface area contributed by atoms with Crippen LogP contribution in [0.15, 0.2) is 96.0 Å². The lowest BCUT2D eigenvalue weighted by Gasteiger charge is -2.25. The van der Waals surface area contributed by atoms with Gasteiger partial charge >= 0.3 is 0 Å². The Labute approximate surface area is 464 Å². The molecule has 5 aromatic rings. The number of aliphatic imine (C=N–C) groups is 1. The van der Waals surface area contributed by atoms with Gasteiger partial charge in [-0.1, -0.05) is 49.7 Å². The maximum absolute atomic E-state index is 14.3. The summed E-state index contributed by atoms with van der Waals surface area (Å²) in [6.07, 6.45) is 9.85. The molecule has 0 unspecified atom stereocenters. The van der Waals surface area contributed by atoms with E-state index in [2.05, 4.69) is 32.7 Å². The highest BCUT2D eigenvalue weighted by molar-refractivity contribution is 6.12. The van der Waals surface area contributed by atoms with E-state index in [9.17, 15) is 28.8 Å². The van der Waals surface area contributed by atoms with Gasteiger partial charge in [-0.3, -0.25) is 33.8 Å². The molecule has 4 aliphatic rings. The summed E-state index contributed by atoms with van der Waals surface area (Å²) >= 11 is 0. The molecular formula is C64H74N6O9. The number of unbranched alkanes of at least 4 members (excludes halogenated alkanes) is 3. The number of carbonyl (C=O) groups is 6. The highest BCUT2D eigenvalue weighted by Gasteiger charge is 2.40. The number of carbonyl (C=O) groups excluding carboxylic acids is 6. The molecule has 15 heteroatoms. The fourth-order valence-electron chi connectivity index (χ4n) is 11.6. The molecule has 4 aliphatic heterocycles. The molecule has 0 spiro atoms. The first-order valence-electron chi connectivity index (χ1n) is 28.1. The average Bonchev–Trinajstić information content (AvgIpc) is 4.14. The molecule has 4 amide bonds. The molecular weight excluding hydrogens is 997 g/mol. The lowest BCUT2D eigenvalue weighted by molar-refractivity contribution is -0.129. The van der Waals surface area contributed by atoms with Crippen LogP contribution in [0.25, 0.3) is 0 Å². The zero-order chi connectivity index (χ0) is 55.7. The van der Waals surface area contributed by atoms with Crippen molar-refractivity contribution in [3.05, 3.63) is 136 Å². The van der Waals surface area contributed by atoms with Gasteiger partial charge in [0.2, 0.25) is 11.8 Å². The summed E-state index contributed by atoms with van der Waals surface area (Å²) in [5.74, 6) is -0.0546. The molecule has 0 saturated carbocycles. The largest absolute Gasteiger partial charge is 0.493 e. The standard InChI is InChI=1S/C64H74N6O9/c1-7-65-26-16-8-9-19-51(71)20-12-15-23-61(73)66-42(4)57(72)28-41(3)62(74)67-48-30-43(38-78-58-36-56-53(27-40(58)2)64(76)70-50(37-68(56)5)33-47-18-11-14-22-55(47)70)29-44(31-48)39-79-60-34-45-24-25-49-32-46-17-10-13-21-54(46)69(49)63(75)52(45)35-59(60)77-6/h7,10-11,13-14,17-18,21-22,27,29-31,34-36,41-42,49-50H,8-9,12,15-16,19-20,23-26,28,32-33,37-39H2,1-6H3,(H,66,73)(H,67,74)/t41-,42+,49-,50+/m1/s1. The molecule has 0 fully saturated rings. The second kappa shape index (κ2) is 25.3. The fourth-order valence-corrected chi connectivity index (χ4v) is 11.6. The molecule has 9 rings (SSSR count). The normalized spacial score (nSPS) is 16.9. The van der Waals surface area contributed by atoms with Crippen LogP contribution in [0.5, 0.6) is 17.2 Å². The number of para-hydroxylation sites is 2. The van der Waals surface area contributed by atoms with Crippen LogP contribution in [0.4, 0.5) is 22.7 Å². The number of nitrogens with zero attached hydrogens (tertiary/aromatic N) is 4. The van der Waals surface area contributed by atoms with Crippen LogP contribution < -0.4 is 39.5 Å². The SMILES string of the molecule is CC=NCCCCCC(=O)CCCCC(=O)N[C@@H](C)C(=O)C[C@@H](C)C(=O)Nc1cc(COc2cc3c(cc2C)C(=O)N2c4ccccc4C[C@H]2CN3C)cc(COc2cc3c(cc2OC)C(=O)N2c4ccccc4C[C@H]2CC3)c1. The van der Waals surface area contributed by atoms with Gasteiger partial charge in [0.1, 0.15) is 24.7 Å². The summed E-state index contributed by atoms with van der Waals surface area (Å²) < 4.78 is 19.0. The van der Waals surface area contributed by atoms with Crippen molar-refractivity contribution in [1.29, 1.82) is 0 Å². The van der Waals surface area contributed by atoms with E-state index >= 15 is 0 Å². The number of nitrogens with one attached hydrogen (secondary N) is 2. The van der Waals surface area contributed by atoms with E-state index in [1.165, 1.54) is 11.1 Å². The number of amides is 4. The Morgan fingerprint density at radius 1 is 0.709 bits per heavy atom. The van der Waals surface area contributed by atoms with Crippen molar-refractivity contribution in [3.8, 4) is 17.2 Å². The van der Waals surface area contributed by atoms with Gasteiger partial charge in [-0.25, -0.2) is 0 Å². The van der Waals surface area contributed by atoms with Crippen molar-refractivity contribution in [2.24, 2.45) is 10.9 Å². The Morgan fingerprint density at radius 2 is 1.34 bits per heavy atom.